The number of carbonyl (C=O) groups excluding carboxylic acids is 3. The summed E-state index contributed by atoms with van der Waals surface area (Å²) < 4.78 is 97.0. The Morgan fingerprint density at radius 3 is 1.37 bits per heavy atom. The minimum atomic E-state index is -3.15. The molecule has 6 heterocycles. The van der Waals surface area contributed by atoms with Crippen LogP contribution >= 0.6 is 0 Å². The van der Waals surface area contributed by atoms with E-state index in [-0.39, 0.29) is 89.3 Å². The number of aryl methyl sites for hydroxylation is 2. The van der Waals surface area contributed by atoms with Crippen LogP contribution in [0.3, 0.4) is 0 Å². The molecule has 2 saturated carbocycles. The number of ketones is 2. The van der Waals surface area contributed by atoms with Crippen molar-refractivity contribution >= 4 is 34.8 Å². The Kier molecular flexibility index (Phi) is 16.0. The lowest BCUT2D eigenvalue weighted by molar-refractivity contribution is -0.145. The number of ether oxygens (including phenoxy) is 7. The van der Waals surface area contributed by atoms with Gasteiger partial charge >= 0.3 is 25.2 Å². The molecule has 2 aromatic carbocycles. The SMILES string of the molecule is CCOC(=O)COc1cn2c(-c3cc(OC)c(C(=O)CC4CC4)c(OC(F)F)c3)cnc2cc1-c1cnn(C)c1.COc1cc(-c2cnc3cc(-c4cnn(C)c4)c(OCC(=O)O)cn23)cc(OC(F)F)c1C(=O)CC1CC1. The third-order valence-electron chi connectivity index (χ3n) is 12.8. The lowest BCUT2D eigenvalue weighted by Crippen LogP contribution is -2.15. The highest BCUT2D eigenvalue weighted by Gasteiger charge is 2.32. The molecule has 2 aliphatic carbocycles. The van der Waals surface area contributed by atoms with Gasteiger partial charge in [-0.1, -0.05) is 0 Å². The molecule has 78 heavy (non-hydrogen) atoms. The first-order valence-electron chi connectivity index (χ1n) is 24.5. The number of esters is 1. The minimum absolute atomic E-state index is 0.00964. The van der Waals surface area contributed by atoms with Crippen LogP contribution in [0.4, 0.5) is 17.6 Å². The molecule has 0 amide bonds. The van der Waals surface area contributed by atoms with Gasteiger partial charge < -0.3 is 38.3 Å². The van der Waals surface area contributed by atoms with Gasteiger partial charge in [-0.2, -0.15) is 27.8 Å². The summed E-state index contributed by atoms with van der Waals surface area (Å²) in [6.45, 7) is -5.28. The molecule has 10 rings (SSSR count). The number of aliphatic carboxylic acids is 1. The molecular weight excluding hydrogens is 1030 g/mol. The van der Waals surface area contributed by atoms with E-state index in [1.807, 2.05) is 0 Å². The molecule has 0 atom stereocenters. The normalized spacial score (nSPS) is 13.1. The number of imidazole rings is 2. The average Bonchev–Trinajstić information content (AvgIpc) is 4.35. The zero-order valence-corrected chi connectivity index (χ0v) is 42.8. The summed E-state index contributed by atoms with van der Waals surface area (Å²) in [6.07, 6.45) is 17.3. The summed E-state index contributed by atoms with van der Waals surface area (Å²) in [5.41, 5.74) is 5.36. The van der Waals surface area contributed by atoms with Crippen molar-refractivity contribution in [3.05, 3.63) is 97.1 Å². The molecule has 0 unspecified atom stereocenters. The number of benzene rings is 2. The highest BCUT2D eigenvalue weighted by molar-refractivity contribution is 6.03. The van der Waals surface area contributed by atoms with Crippen LogP contribution in [0, 0.1) is 11.8 Å². The van der Waals surface area contributed by atoms with Gasteiger partial charge in [-0.05, 0) is 80.8 Å². The van der Waals surface area contributed by atoms with Crippen molar-refractivity contribution in [2.75, 3.05) is 34.0 Å². The maximum atomic E-state index is 13.4. The van der Waals surface area contributed by atoms with Gasteiger partial charge in [0.25, 0.3) is 0 Å². The van der Waals surface area contributed by atoms with Crippen molar-refractivity contribution in [1.82, 2.24) is 38.3 Å². The Balaban J connectivity index is 0.000000190. The van der Waals surface area contributed by atoms with Crippen molar-refractivity contribution in [2.45, 2.75) is 58.7 Å². The second-order valence-corrected chi connectivity index (χ2v) is 18.4. The largest absolute Gasteiger partial charge is 0.496 e. The van der Waals surface area contributed by atoms with Crippen molar-refractivity contribution < 1.29 is 75.0 Å². The van der Waals surface area contributed by atoms with E-state index in [4.69, 9.17) is 38.3 Å². The fourth-order valence-corrected chi connectivity index (χ4v) is 8.81. The first-order valence-corrected chi connectivity index (χ1v) is 24.5. The monoisotopic (exact) mass is 1080 g/mol. The van der Waals surface area contributed by atoms with E-state index in [0.717, 1.165) is 31.2 Å². The number of carbonyl (C=O) groups is 4. The van der Waals surface area contributed by atoms with Gasteiger partial charge in [0.1, 0.15) is 56.9 Å². The Bertz CT molecular complexity index is 3550. The number of pyridine rings is 2. The number of aromatic nitrogens is 8. The van der Waals surface area contributed by atoms with Gasteiger partial charge in [0, 0.05) is 72.7 Å². The fraction of sp³-hybridized carbons (Fsp3) is 0.333. The van der Waals surface area contributed by atoms with E-state index >= 15 is 0 Å². The molecule has 20 nitrogen and oxygen atoms in total. The molecule has 0 spiro atoms. The first kappa shape index (κ1) is 53.9. The van der Waals surface area contributed by atoms with Crippen molar-refractivity contribution in [3.63, 3.8) is 0 Å². The van der Waals surface area contributed by atoms with Gasteiger partial charge in [0.15, 0.2) is 24.8 Å². The number of hydrogen-bond acceptors (Lipinski definition) is 15. The number of Topliss-reactive ketones (excluding diaryl/α,β-unsaturated/α-hetero) is 2. The summed E-state index contributed by atoms with van der Waals surface area (Å²) >= 11 is 0. The molecular formula is C54H52F4N8O12. The van der Waals surface area contributed by atoms with Crippen molar-refractivity contribution in [1.29, 1.82) is 0 Å². The Morgan fingerprint density at radius 2 is 1.01 bits per heavy atom. The lowest BCUT2D eigenvalue weighted by atomic mass is 10.00. The van der Waals surface area contributed by atoms with Crippen LogP contribution in [0.1, 0.15) is 66.2 Å². The first-order chi connectivity index (χ1) is 37.5. The number of halogens is 4. The van der Waals surface area contributed by atoms with Crippen molar-refractivity contribution in [3.8, 4) is 79.3 Å². The second-order valence-electron chi connectivity index (χ2n) is 18.4. The average molecular weight is 1080 g/mol. The maximum absolute atomic E-state index is 13.4. The van der Waals surface area contributed by atoms with Crippen LogP contribution in [0.2, 0.25) is 0 Å². The molecule has 8 aromatic rings. The molecule has 0 radical (unpaired) electrons. The highest BCUT2D eigenvalue weighted by atomic mass is 19.3. The number of rotatable bonds is 23. The highest BCUT2D eigenvalue weighted by Crippen LogP contribution is 2.44. The summed E-state index contributed by atoms with van der Waals surface area (Å²) in [6, 6.07) is 9.36. The lowest BCUT2D eigenvalue weighted by Gasteiger charge is -2.16. The van der Waals surface area contributed by atoms with Crippen LogP contribution in [-0.2, 0) is 28.4 Å². The van der Waals surface area contributed by atoms with E-state index in [2.05, 4.69) is 20.2 Å². The smallest absolute Gasteiger partial charge is 0.387 e. The van der Waals surface area contributed by atoms with Gasteiger partial charge in [-0.25, -0.2) is 19.6 Å². The number of methoxy groups -OCH3 is 2. The predicted molar refractivity (Wildman–Crippen MR) is 271 cm³/mol. The summed E-state index contributed by atoms with van der Waals surface area (Å²) in [5.74, 6) is -1.56. The Morgan fingerprint density at radius 1 is 0.590 bits per heavy atom. The van der Waals surface area contributed by atoms with E-state index < -0.39 is 31.8 Å². The van der Waals surface area contributed by atoms with Gasteiger partial charge in [0.2, 0.25) is 0 Å². The topological polar surface area (TPSA) is 223 Å². The zero-order chi connectivity index (χ0) is 55.4. The van der Waals surface area contributed by atoms with Gasteiger partial charge in [-0.3, -0.25) is 27.8 Å². The maximum Gasteiger partial charge on any atom is 0.387 e. The quantitative estimate of drug-likeness (QED) is 0.0358. The summed E-state index contributed by atoms with van der Waals surface area (Å²) in [5, 5.41) is 17.5. The van der Waals surface area contributed by atoms with E-state index in [1.165, 1.54) is 32.5 Å². The molecule has 0 aliphatic heterocycles. The number of alkyl halides is 4. The number of carboxylic acid groups (broad SMARTS) is 1. The van der Waals surface area contributed by atoms with E-state index in [9.17, 15) is 36.7 Å². The number of fused-ring (bicyclic) bond motifs is 2. The Labute approximate surface area is 442 Å². The molecule has 408 valence electrons. The number of nitrogens with zero attached hydrogens (tertiary/aromatic N) is 8. The summed E-state index contributed by atoms with van der Waals surface area (Å²) in [7, 11) is 6.25. The van der Waals surface area contributed by atoms with Crippen molar-refractivity contribution in [2.24, 2.45) is 25.9 Å². The van der Waals surface area contributed by atoms with Gasteiger partial charge in [0.05, 0.1) is 69.4 Å². The van der Waals surface area contributed by atoms with Crippen LogP contribution in [-0.4, -0.2) is 114 Å². The van der Waals surface area contributed by atoms with Crippen LogP contribution in [0.5, 0.6) is 34.5 Å². The van der Waals surface area contributed by atoms with E-state index in [0.29, 0.717) is 56.2 Å². The van der Waals surface area contributed by atoms with Crippen LogP contribution in [0.25, 0.3) is 56.1 Å². The van der Waals surface area contributed by atoms with Gasteiger partial charge in [-0.15, -0.1) is 0 Å². The molecule has 6 aromatic heterocycles. The molecule has 0 saturated heterocycles. The number of carboxylic acids is 1. The number of hydrogen-bond donors (Lipinski definition) is 1. The minimum Gasteiger partial charge on any atom is -0.496 e. The fourth-order valence-electron chi connectivity index (χ4n) is 8.81. The molecule has 2 fully saturated rings. The molecule has 2 aliphatic rings. The molecule has 24 heteroatoms. The Hall–Kier alpha value is -8.96. The van der Waals surface area contributed by atoms with Crippen LogP contribution in [0.15, 0.2) is 86.0 Å². The molecule has 1 N–H and O–H groups in total. The predicted octanol–water partition coefficient (Wildman–Crippen LogP) is 9.39. The third kappa shape index (κ3) is 12.3. The second kappa shape index (κ2) is 23.1. The van der Waals surface area contributed by atoms with Crippen LogP contribution < -0.4 is 28.4 Å². The standard InChI is InChI=1S/C28H28F2N4O6.C26H24F2N4O6/c1-4-38-26(36)15-39-24-14-34-20(12-31-25(34)10-19(24)18-11-32-33(2)13-18)17-8-22(37-3)27(21(35)7-16-5-6-16)23(9-17)40-28(29)30;1-31-11-16(9-30-31)17-8-23-29-10-18(32(23)12-22(17)37-13-24(34)35)15-6-20(36-2)25(19(33)5-14-3-4-14)21(7-15)38-26(27)28/h8-14,16,28H,4-7,15H2,1-3H3;6-12,14,26H,3-5,13H2,1-2H3,(H,34,35). The third-order valence-corrected chi connectivity index (χ3v) is 12.8. The summed E-state index contributed by atoms with van der Waals surface area (Å²) in [4.78, 5) is 58.1. The van der Waals surface area contributed by atoms with E-state index in [1.54, 1.807) is 107 Å². The zero-order valence-electron chi connectivity index (χ0n) is 42.8. The molecule has 0 bridgehead atoms.